The maximum Gasteiger partial charge on any atom is 0.169 e. The quantitative estimate of drug-likeness (QED) is 0.695. The highest BCUT2D eigenvalue weighted by molar-refractivity contribution is 7.17. The van der Waals surface area contributed by atoms with E-state index in [1.807, 2.05) is 48.7 Å². The Morgan fingerprint density at radius 3 is 2.70 bits per heavy atom. The number of hydrogen-bond acceptors (Lipinski definition) is 5. The Balaban J connectivity index is 1.59. The Morgan fingerprint density at radius 1 is 1.13 bits per heavy atom. The highest BCUT2D eigenvalue weighted by Gasteiger charge is 2.06. The molecule has 3 aromatic rings. The van der Waals surface area contributed by atoms with E-state index >= 15 is 0 Å². The number of hydrogen-bond donors (Lipinski definition) is 1. The highest BCUT2D eigenvalue weighted by atomic mass is 32.1. The second-order valence-corrected chi connectivity index (χ2v) is 6.23. The van der Waals surface area contributed by atoms with Gasteiger partial charge in [0.1, 0.15) is 5.82 Å². The van der Waals surface area contributed by atoms with Crippen molar-refractivity contribution in [1.82, 2.24) is 9.97 Å². The minimum absolute atomic E-state index is 0.0991. The third-order valence-corrected chi connectivity index (χ3v) is 4.65. The third-order valence-electron chi connectivity index (χ3n) is 3.41. The lowest BCUT2D eigenvalue weighted by Crippen LogP contribution is -2.06. The van der Waals surface area contributed by atoms with Crippen molar-refractivity contribution >= 4 is 22.9 Å². The van der Waals surface area contributed by atoms with Crippen molar-refractivity contribution in [2.75, 3.05) is 11.9 Å². The van der Waals surface area contributed by atoms with E-state index in [9.17, 15) is 4.79 Å². The number of Topliss-reactive ketones (excluding diaryl/α,β-unsaturated/α-hetero) is 1. The summed E-state index contributed by atoms with van der Waals surface area (Å²) in [4.78, 5) is 21.9. The van der Waals surface area contributed by atoms with E-state index in [4.69, 9.17) is 0 Å². The maximum absolute atomic E-state index is 11.4. The van der Waals surface area contributed by atoms with Crippen LogP contribution in [0.3, 0.4) is 0 Å². The summed E-state index contributed by atoms with van der Waals surface area (Å²) >= 11 is 1.50. The van der Waals surface area contributed by atoms with Gasteiger partial charge in [0, 0.05) is 41.5 Å². The molecule has 0 aromatic carbocycles. The average molecular weight is 323 g/mol. The summed E-state index contributed by atoms with van der Waals surface area (Å²) in [6.45, 7) is 2.37. The molecule has 0 aliphatic rings. The van der Waals surface area contributed by atoms with E-state index in [2.05, 4.69) is 15.3 Å². The molecule has 1 N–H and O–H groups in total. The van der Waals surface area contributed by atoms with Crippen LogP contribution < -0.4 is 5.32 Å². The fourth-order valence-corrected chi connectivity index (χ4v) is 3.08. The third kappa shape index (κ3) is 4.02. The molecule has 4 nitrogen and oxygen atoms in total. The topological polar surface area (TPSA) is 54.9 Å². The number of rotatable bonds is 6. The van der Waals surface area contributed by atoms with E-state index in [1.165, 1.54) is 11.3 Å². The minimum atomic E-state index is 0.0991. The lowest BCUT2D eigenvalue weighted by atomic mass is 10.2. The van der Waals surface area contributed by atoms with E-state index < -0.39 is 0 Å². The number of aromatic nitrogens is 2. The Kier molecular flexibility index (Phi) is 4.78. The molecule has 0 bridgehead atoms. The maximum atomic E-state index is 11.4. The summed E-state index contributed by atoms with van der Waals surface area (Å²) in [5, 5.41) is 3.29. The van der Waals surface area contributed by atoms with Gasteiger partial charge in [-0.25, -0.2) is 4.98 Å². The second kappa shape index (κ2) is 7.15. The van der Waals surface area contributed by atoms with Gasteiger partial charge in [-0.15, -0.1) is 11.3 Å². The van der Waals surface area contributed by atoms with Crippen LogP contribution in [0.1, 0.15) is 22.3 Å². The Hall–Kier alpha value is -2.53. The molecule has 0 radical (unpaired) electrons. The summed E-state index contributed by atoms with van der Waals surface area (Å²) in [6, 6.07) is 13.7. The first-order chi connectivity index (χ1) is 11.2. The van der Waals surface area contributed by atoms with Crippen LogP contribution in [0.2, 0.25) is 0 Å². The number of nitrogens with zero attached hydrogens (tertiary/aromatic N) is 2. The summed E-state index contributed by atoms with van der Waals surface area (Å²) in [5.41, 5.74) is 2.09. The minimum Gasteiger partial charge on any atom is -0.370 e. The van der Waals surface area contributed by atoms with E-state index in [1.54, 1.807) is 13.1 Å². The van der Waals surface area contributed by atoms with Crippen molar-refractivity contribution in [2.45, 2.75) is 13.3 Å². The predicted molar refractivity (Wildman–Crippen MR) is 94.0 cm³/mol. The summed E-state index contributed by atoms with van der Waals surface area (Å²) in [6.07, 6.45) is 4.49. The van der Waals surface area contributed by atoms with E-state index in [-0.39, 0.29) is 5.78 Å². The van der Waals surface area contributed by atoms with Crippen molar-refractivity contribution in [3.63, 3.8) is 0 Å². The highest BCUT2D eigenvalue weighted by Crippen LogP contribution is 2.28. The molecule has 0 saturated carbocycles. The molecule has 23 heavy (non-hydrogen) atoms. The van der Waals surface area contributed by atoms with Crippen LogP contribution in [0.15, 0.2) is 54.9 Å². The first-order valence-electron chi connectivity index (χ1n) is 7.43. The van der Waals surface area contributed by atoms with Crippen molar-refractivity contribution in [3.05, 3.63) is 65.4 Å². The number of carbonyl (C=O) groups excluding carboxylic acids is 1. The van der Waals surface area contributed by atoms with Gasteiger partial charge in [0.05, 0.1) is 4.88 Å². The zero-order valence-electron chi connectivity index (χ0n) is 12.8. The molecule has 116 valence electrons. The zero-order valence-corrected chi connectivity index (χ0v) is 13.6. The number of carbonyl (C=O) groups is 1. The smallest absolute Gasteiger partial charge is 0.169 e. The molecule has 0 spiro atoms. The van der Waals surface area contributed by atoms with Crippen molar-refractivity contribution in [2.24, 2.45) is 0 Å². The molecular formula is C18H17N3OS. The Morgan fingerprint density at radius 2 is 2.04 bits per heavy atom. The standard InChI is InChI=1S/C18H17N3OS/c1-13(22)16-6-7-17(23-16)14-5-8-18(21-12-14)20-11-9-15-4-2-3-10-19-15/h2-8,10,12H,9,11H2,1H3,(H,20,21). The fraction of sp³-hybridized carbons (Fsp3) is 0.167. The molecule has 0 unspecified atom stereocenters. The van der Waals surface area contributed by atoms with Gasteiger partial charge in [-0.2, -0.15) is 0 Å². The normalized spacial score (nSPS) is 10.5. The first kappa shape index (κ1) is 15.4. The van der Waals surface area contributed by atoms with Crippen molar-refractivity contribution in [3.8, 4) is 10.4 Å². The van der Waals surface area contributed by atoms with Crippen LogP contribution >= 0.6 is 11.3 Å². The van der Waals surface area contributed by atoms with Gasteiger partial charge in [-0.3, -0.25) is 9.78 Å². The Bertz CT molecular complexity index is 782. The molecule has 0 atom stereocenters. The van der Waals surface area contributed by atoms with Crippen LogP contribution in [0.25, 0.3) is 10.4 Å². The zero-order chi connectivity index (χ0) is 16.1. The monoisotopic (exact) mass is 323 g/mol. The van der Waals surface area contributed by atoms with Crippen LogP contribution in [0.4, 0.5) is 5.82 Å². The van der Waals surface area contributed by atoms with Gasteiger partial charge in [-0.05, 0) is 43.3 Å². The molecule has 0 saturated heterocycles. The van der Waals surface area contributed by atoms with Crippen LogP contribution in [-0.4, -0.2) is 22.3 Å². The number of thiophene rings is 1. The van der Waals surface area contributed by atoms with Crippen molar-refractivity contribution < 1.29 is 4.79 Å². The van der Waals surface area contributed by atoms with E-state index in [0.717, 1.165) is 39.8 Å². The summed E-state index contributed by atoms with van der Waals surface area (Å²) in [5.74, 6) is 0.940. The number of ketones is 1. The summed E-state index contributed by atoms with van der Waals surface area (Å²) in [7, 11) is 0. The van der Waals surface area contributed by atoms with Crippen LogP contribution in [-0.2, 0) is 6.42 Å². The number of nitrogens with one attached hydrogen (secondary N) is 1. The first-order valence-corrected chi connectivity index (χ1v) is 8.25. The molecule has 3 heterocycles. The molecule has 3 rings (SSSR count). The van der Waals surface area contributed by atoms with Crippen LogP contribution in [0, 0.1) is 0 Å². The molecule has 3 aromatic heterocycles. The van der Waals surface area contributed by atoms with Gasteiger partial charge in [0.2, 0.25) is 0 Å². The average Bonchev–Trinajstić information content (AvgIpc) is 3.07. The molecule has 0 amide bonds. The largest absolute Gasteiger partial charge is 0.370 e. The molecule has 5 heteroatoms. The predicted octanol–water partition coefficient (Wildman–Crippen LogP) is 4.06. The lowest BCUT2D eigenvalue weighted by Gasteiger charge is -2.06. The fourth-order valence-electron chi connectivity index (χ4n) is 2.19. The molecule has 0 fully saturated rings. The lowest BCUT2D eigenvalue weighted by molar-refractivity contribution is 0.102. The van der Waals surface area contributed by atoms with Gasteiger partial charge in [-0.1, -0.05) is 6.07 Å². The van der Waals surface area contributed by atoms with Gasteiger partial charge >= 0.3 is 0 Å². The van der Waals surface area contributed by atoms with Gasteiger partial charge in [0.25, 0.3) is 0 Å². The molecular weight excluding hydrogens is 306 g/mol. The molecule has 0 aliphatic heterocycles. The number of anilines is 1. The van der Waals surface area contributed by atoms with Crippen LogP contribution in [0.5, 0.6) is 0 Å². The van der Waals surface area contributed by atoms with Crippen molar-refractivity contribution in [1.29, 1.82) is 0 Å². The van der Waals surface area contributed by atoms with Gasteiger partial charge in [0.15, 0.2) is 5.78 Å². The number of pyridine rings is 2. The van der Waals surface area contributed by atoms with E-state index in [0.29, 0.717) is 0 Å². The second-order valence-electron chi connectivity index (χ2n) is 5.15. The molecule has 0 aliphatic carbocycles. The summed E-state index contributed by atoms with van der Waals surface area (Å²) < 4.78 is 0. The SMILES string of the molecule is CC(=O)c1ccc(-c2ccc(NCCc3ccccn3)nc2)s1. The Labute approximate surface area is 139 Å². The van der Waals surface area contributed by atoms with Gasteiger partial charge < -0.3 is 5.32 Å².